The molecule has 18 heavy (non-hydrogen) atoms. The van der Waals surface area contributed by atoms with Crippen LogP contribution in [0.4, 0.5) is 5.82 Å². The smallest absolute Gasteiger partial charge is 0.128 e. The average Bonchev–Trinajstić information content (AvgIpc) is 2.38. The minimum absolute atomic E-state index is 0.512. The average molecular weight is 249 g/mol. The van der Waals surface area contributed by atoms with Gasteiger partial charge >= 0.3 is 0 Å². The first-order valence-corrected chi connectivity index (χ1v) is 6.99. The van der Waals surface area contributed by atoms with Crippen molar-refractivity contribution in [3.8, 4) is 0 Å². The summed E-state index contributed by atoms with van der Waals surface area (Å²) in [7, 11) is 2.14. The number of nitrogens with zero attached hydrogens (tertiary/aromatic N) is 2. The molecule has 0 aliphatic rings. The van der Waals surface area contributed by atoms with E-state index in [1.807, 2.05) is 6.20 Å². The standard InChI is InChI=1S/C15H27N3/c1-6-14(7-2)18(5)15-10-13(8-9-16-15)11-17-12(3)4/h8-10,12,14,17H,6-7,11H2,1-5H3. The largest absolute Gasteiger partial charge is 0.357 e. The van der Waals surface area contributed by atoms with Crippen molar-refractivity contribution in [3.63, 3.8) is 0 Å². The van der Waals surface area contributed by atoms with Gasteiger partial charge in [0, 0.05) is 31.9 Å². The summed E-state index contributed by atoms with van der Waals surface area (Å²) in [6.45, 7) is 9.70. The molecule has 0 aliphatic heterocycles. The number of anilines is 1. The number of hydrogen-bond donors (Lipinski definition) is 1. The van der Waals surface area contributed by atoms with Crippen LogP contribution in [-0.2, 0) is 6.54 Å². The van der Waals surface area contributed by atoms with Crippen molar-refractivity contribution in [2.75, 3.05) is 11.9 Å². The second-order valence-corrected chi connectivity index (χ2v) is 5.14. The van der Waals surface area contributed by atoms with E-state index in [9.17, 15) is 0 Å². The lowest BCUT2D eigenvalue weighted by Crippen LogP contribution is -2.31. The second kappa shape index (κ2) is 7.37. The van der Waals surface area contributed by atoms with E-state index < -0.39 is 0 Å². The molecule has 1 aromatic rings. The van der Waals surface area contributed by atoms with Crippen LogP contribution in [0.5, 0.6) is 0 Å². The third-order valence-corrected chi connectivity index (χ3v) is 3.38. The van der Waals surface area contributed by atoms with E-state index >= 15 is 0 Å². The summed E-state index contributed by atoms with van der Waals surface area (Å²) in [4.78, 5) is 6.77. The van der Waals surface area contributed by atoms with Crippen LogP contribution < -0.4 is 10.2 Å². The van der Waals surface area contributed by atoms with Gasteiger partial charge in [-0.15, -0.1) is 0 Å². The SMILES string of the molecule is CCC(CC)N(C)c1cc(CNC(C)C)ccn1. The molecular formula is C15H27N3. The number of rotatable bonds is 7. The summed E-state index contributed by atoms with van der Waals surface area (Å²) in [5.41, 5.74) is 1.30. The Labute approximate surface area is 112 Å². The Morgan fingerprint density at radius 2 is 1.94 bits per heavy atom. The van der Waals surface area contributed by atoms with Gasteiger partial charge in [-0.2, -0.15) is 0 Å². The number of pyridine rings is 1. The highest BCUT2D eigenvalue weighted by Crippen LogP contribution is 2.17. The van der Waals surface area contributed by atoms with Gasteiger partial charge in [-0.1, -0.05) is 27.7 Å². The Hall–Kier alpha value is -1.09. The summed E-state index contributed by atoms with van der Waals surface area (Å²) in [5, 5.41) is 3.44. The fourth-order valence-electron chi connectivity index (χ4n) is 2.11. The summed E-state index contributed by atoms with van der Waals surface area (Å²) < 4.78 is 0. The maximum atomic E-state index is 4.48. The first kappa shape index (κ1) is 15.0. The minimum atomic E-state index is 0.512. The van der Waals surface area contributed by atoms with Gasteiger partial charge in [0.1, 0.15) is 5.82 Å². The lowest BCUT2D eigenvalue weighted by atomic mass is 10.1. The van der Waals surface area contributed by atoms with Crippen LogP contribution in [0.1, 0.15) is 46.1 Å². The maximum absolute atomic E-state index is 4.48. The number of nitrogens with one attached hydrogen (secondary N) is 1. The topological polar surface area (TPSA) is 28.2 Å². The van der Waals surface area contributed by atoms with Gasteiger partial charge in [-0.25, -0.2) is 4.98 Å². The molecular weight excluding hydrogens is 222 g/mol. The molecule has 0 aromatic carbocycles. The maximum Gasteiger partial charge on any atom is 0.128 e. The van der Waals surface area contributed by atoms with Crippen LogP contribution in [0.25, 0.3) is 0 Å². The van der Waals surface area contributed by atoms with Crippen LogP contribution in [0.15, 0.2) is 18.3 Å². The molecule has 0 saturated heterocycles. The van der Waals surface area contributed by atoms with E-state index in [1.54, 1.807) is 0 Å². The fourth-order valence-corrected chi connectivity index (χ4v) is 2.11. The Kier molecular flexibility index (Phi) is 6.13. The molecule has 1 heterocycles. The molecule has 3 nitrogen and oxygen atoms in total. The number of hydrogen-bond acceptors (Lipinski definition) is 3. The first-order chi connectivity index (χ1) is 8.58. The molecule has 3 heteroatoms. The normalized spacial score (nSPS) is 11.3. The summed E-state index contributed by atoms with van der Waals surface area (Å²) in [6, 6.07) is 5.36. The van der Waals surface area contributed by atoms with Gasteiger partial charge in [0.2, 0.25) is 0 Å². The van der Waals surface area contributed by atoms with Crippen molar-refractivity contribution in [1.82, 2.24) is 10.3 Å². The predicted molar refractivity (Wildman–Crippen MR) is 79.0 cm³/mol. The van der Waals surface area contributed by atoms with Gasteiger partial charge < -0.3 is 10.2 Å². The Balaban J connectivity index is 2.74. The highest BCUT2D eigenvalue weighted by Gasteiger charge is 2.12. The molecule has 0 fully saturated rings. The monoisotopic (exact) mass is 249 g/mol. The van der Waals surface area contributed by atoms with Crippen molar-refractivity contribution in [2.45, 2.75) is 59.2 Å². The molecule has 0 amide bonds. The first-order valence-electron chi connectivity index (χ1n) is 6.99. The zero-order chi connectivity index (χ0) is 13.5. The van der Waals surface area contributed by atoms with Gasteiger partial charge in [0.25, 0.3) is 0 Å². The molecule has 102 valence electrons. The van der Waals surface area contributed by atoms with E-state index in [-0.39, 0.29) is 0 Å². The van der Waals surface area contributed by atoms with Gasteiger partial charge in [-0.3, -0.25) is 0 Å². The zero-order valence-electron chi connectivity index (χ0n) is 12.4. The Bertz CT molecular complexity index is 345. The van der Waals surface area contributed by atoms with E-state index in [4.69, 9.17) is 0 Å². The number of aromatic nitrogens is 1. The molecule has 1 aromatic heterocycles. The van der Waals surface area contributed by atoms with Gasteiger partial charge in [0.15, 0.2) is 0 Å². The Morgan fingerprint density at radius 3 is 2.50 bits per heavy atom. The molecule has 0 aliphatic carbocycles. The Morgan fingerprint density at radius 1 is 1.28 bits per heavy atom. The van der Waals surface area contributed by atoms with Crippen LogP contribution in [0, 0.1) is 0 Å². The fraction of sp³-hybridized carbons (Fsp3) is 0.667. The van der Waals surface area contributed by atoms with Gasteiger partial charge in [0.05, 0.1) is 0 Å². The van der Waals surface area contributed by atoms with Crippen LogP contribution >= 0.6 is 0 Å². The van der Waals surface area contributed by atoms with Crippen LogP contribution in [-0.4, -0.2) is 24.1 Å². The highest BCUT2D eigenvalue weighted by molar-refractivity contribution is 5.41. The van der Waals surface area contributed by atoms with Crippen molar-refractivity contribution in [2.24, 2.45) is 0 Å². The zero-order valence-corrected chi connectivity index (χ0v) is 12.4. The lowest BCUT2D eigenvalue weighted by molar-refractivity contribution is 0.580. The summed E-state index contributed by atoms with van der Waals surface area (Å²) in [5.74, 6) is 1.08. The molecule has 0 spiro atoms. The molecule has 0 saturated carbocycles. The van der Waals surface area contributed by atoms with Crippen LogP contribution in [0.3, 0.4) is 0 Å². The van der Waals surface area contributed by atoms with E-state index in [0.717, 1.165) is 25.2 Å². The van der Waals surface area contributed by atoms with Crippen molar-refractivity contribution in [3.05, 3.63) is 23.9 Å². The molecule has 0 atom stereocenters. The van der Waals surface area contributed by atoms with Crippen LogP contribution in [0.2, 0.25) is 0 Å². The predicted octanol–water partition coefficient (Wildman–Crippen LogP) is 3.20. The van der Waals surface area contributed by atoms with Crippen molar-refractivity contribution < 1.29 is 0 Å². The summed E-state index contributed by atoms with van der Waals surface area (Å²) >= 11 is 0. The van der Waals surface area contributed by atoms with E-state index in [2.05, 4.69) is 62.1 Å². The summed E-state index contributed by atoms with van der Waals surface area (Å²) in [6.07, 6.45) is 4.22. The molecule has 1 N–H and O–H groups in total. The third-order valence-electron chi connectivity index (χ3n) is 3.38. The molecule has 0 radical (unpaired) electrons. The quantitative estimate of drug-likeness (QED) is 0.804. The van der Waals surface area contributed by atoms with Crippen molar-refractivity contribution in [1.29, 1.82) is 0 Å². The minimum Gasteiger partial charge on any atom is -0.357 e. The van der Waals surface area contributed by atoms with E-state index in [0.29, 0.717) is 12.1 Å². The highest BCUT2D eigenvalue weighted by atomic mass is 15.2. The molecule has 0 bridgehead atoms. The second-order valence-electron chi connectivity index (χ2n) is 5.14. The molecule has 0 unspecified atom stereocenters. The molecule has 1 rings (SSSR count). The van der Waals surface area contributed by atoms with E-state index in [1.165, 1.54) is 5.56 Å². The third kappa shape index (κ3) is 4.30. The van der Waals surface area contributed by atoms with Crippen molar-refractivity contribution >= 4 is 5.82 Å². The van der Waals surface area contributed by atoms with Gasteiger partial charge in [-0.05, 0) is 30.5 Å². The lowest BCUT2D eigenvalue weighted by Gasteiger charge is -2.27.